The number of anilines is 1. The maximum atomic E-state index is 12.3. The average molecular weight is 528 g/mol. The number of hydrogen-bond donors (Lipinski definition) is 1. The number of ether oxygens (including phenoxy) is 2. The molecule has 0 bridgehead atoms. The number of hydrogen-bond acceptors (Lipinski definition) is 4. The SMILES string of the molecule is CCc1ccc(N=Cc2cc(I)c(OCC(=O)Nc3cccc(C)c3)c(OC)c2)cc1. The molecule has 0 fully saturated rings. The third kappa shape index (κ3) is 6.55. The lowest BCUT2D eigenvalue weighted by Crippen LogP contribution is -2.20. The van der Waals surface area contributed by atoms with Crippen LogP contribution in [0.3, 0.4) is 0 Å². The van der Waals surface area contributed by atoms with Gasteiger partial charge in [0.05, 0.1) is 16.4 Å². The van der Waals surface area contributed by atoms with Crippen LogP contribution in [0, 0.1) is 10.5 Å². The minimum atomic E-state index is -0.232. The van der Waals surface area contributed by atoms with E-state index in [1.165, 1.54) is 5.56 Å². The monoisotopic (exact) mass is 528 g/mol. The van der Waals surface area contributed by atoms with Gasteiger partial charge in [-0.25, -0.2) is 0 Å². The highest BCUT2D eigenvalue weighted by atomic mass is 127. The lowest BCUT2D eigenvalue weighted by molar-refractivity contribution is -0.118. The molecule has 0 aliphatic heterocycles. The highest BCUT2D eigenvalue weighted by Crippen LogP contribution is 2.33. The Hall–Kier alpha value is -2.87. The number of aryl methyl sites for hydroxylation is 2. The summed E-state index contributed by atoms with van der Waals surface area (Å²) >= 11 is 2.18. The summed E-state index contributed by atoms with van der Waals surface area (Å²) in [6.45, 7) is 3.99. The number of halogens is 1. The van der Waals surface area contributed by atoms with Gasteiger partial charge < -0.3 is 14.8 Å². The Morgan fingerprint density at radius 3 is 2.58 bits per heavy atom. The van der Waals surface area contributed by atoms with Gasteiger partial charge in [-0.3, -0.25) is 9.79 Å². The molecule has 1 amide bonds. The number of methoxy groups -OCH3 is 1. The molecular formula is C25H25IN2O3. The van der Waals surface area contributed by atoms with E-state index in [4.69, 9.17) is 9.47 Å². The number of amides is 1. The molecule has 0 saturated heterocycles. The molecule has 0 unspecified atom stereocenters. The number of benzene rings is 3. The molecule has 0 radical (unpaired) electrons. The zero-order valence-electron chi connectivity index (χ0n) is 17.8. The molecule has 0 aliphatic carbocycles. The lowest BCUT2D eigenvalue weighted by Gasteiger charge is -2.13. The van der Waals surface area contributed by atoms with E-state index in [1.54, 1.807) is 13.3 Å². The Bertz CT molecular complexity index is 1080. The van der Waals surface area contributed by atoms with Crippen LogP contribution in [0.25, 0.3) is 0 Å². The van der Waals surface area contributed by atoms with Crippen LogP contribution in [0.5, 0.6) is 11.5 Å². The van der Waals surface area contributed by atoms with Gasteiger partial charge in [0.2, 0.25) is 0 Å². The van der Waals surface area contributed by atoms with Gasteiger partial charge in [-0.15, -0.1) is 0 Å². The Morgan fingerprint density at radius 2 is 1.90 bits per heavy atom. The van der Waals surface area contributed by atoms with Crippen molar-refractivity contribution < 1.29 is 14.3 Å². The largest absolute Gasteiger partial charge is 0.493 e. The van der Waals surface area contributed by atoms with Crippen LogP contribution in [-0.2, 0) is 11.2 Å². The van der Waals surface area contributed by atoms with Crippen LogP contribution in [0.2, 0.25) is 0 Å². The molecule has 3 rings (SSSR count). The zero-order valence-corrected chi connectivity index (χ0v) is 20.0. The van der Waals surface area contributed by atoms with E-state index in [2.05, 4.69) is 52.0 Å². The Morgan fingerprint density at radius 1 is 1.13 bits per heavy atom. The van der Waals surface area contributed by atoms with Gasteiger partial charge >= 0.3 is 0 Å². The zero-order chi connectivity index (χ0) is 22.2. The molecule has 6 heteroatoms. The molecule has 5 nitrogen and oxygen atoms in total. The van der Waals surface area contributed by atoms with Crippen molar-refractivity contribution in [2.45, 2.75) is 20.3 Å². The number of carbonyl (C=O) groups is 1. The van der Waals surface area contributed by atoms with E-state index in [0.29, 0.717) is 11.5 Å². The summed E-state index contributed by atoms with van der Waals surface area (Å²) in [5.41, 5.74) is 4.88. The summed E-state index contributed by atoms with van der Waals surface area (Å²) in [5.74, 6) is 0.856. The van der Waals surface area contributed by atoms with Gasteiger partial charge in [-0.05, 0) is 89.0 Å². The molecule has 0 aromatic heterocycles. The van der Waals surface area contributed by atoms with Crippen molar-refractivity contribution in [3.8, 4) is 11.5 Å². The maximum Gasteiger partial charge on any atom is 0.262 e. The normalized spacial score (nSPS) is 10.8. The van der Waals surface area contributed by atoms with Crippen molar-refractivity contribution in [1.82, 2.24) is 0 Å². The van der Waals surface area contributed by atoms with Gasteiger partial charge in [0, 0.05) is 11.9 Å². The van der Waals surface area contributed by atoms with Crippen LogP contribution >= 0.6 is 22.6 Å². The van der Waals surface area contributed by atoms with Crippen molar-refractivity contribution in [2.24, 2.45) is 4.99 Å². The first-order valence-electron chi connectivity index (χ1n) is 9.98. The third-order valence-corrected chi connectivity index (χ3v) is 5.41. The highest BCUT2D eigenvalue weighted by molar-refractivity contribution is 14.1. The van der Waals surface area contributed by atoms with Crippen LogP contribution in [0.4, 0.5) is 11.4 Å². The topological polar surface area (TPSA) is 59.9 Å². The molecule has 3 aromatic carbocycles. The molecular weight excluding hydrogens is 503 g/mol. The van der Waals surface area contributed by atoms with E-state index in [-0.39, 0.29) is 12.5 Å². The third-order valence-electron chi connectivity index (χ3n) is 4.61. The fourth-order valence-corrected chi connectivity index (χ4v) is 3.76. The van der Waals surface area contributed by atoms with Crippen LogP contribution in [0.15, 0.2) is 65.7 Å². The van der Waals surface area contributed by atoms with Gasteiger partial charge in [0.15, 0.2) is 18.1 Å². The number of nitrogens with zero attached hydrogens (tertiary/aromatic N) is 1. The van der Waals surface area contributed by atoms with E-state index in [9.17, 15) is 4.79 Å². The van der Waals surface area contributed by atoms with Gasteiger partial charge in [-0.1, -0.05) is 31.2 Å². The van der Waals surface area contributed by atoms with Gasteiger partial charge in [0.25, 0.3) is 5.91 Å². The second kappa shape index (κ2) is 10.9. The van der Waals surface area contributed by atoms with E-state index < -0.39 is 0 Å². The second-order valence-electron chi connectivity index (χ2n) is 7.02. The summed E-state index contributed by atoms with van der Waals surface area (Å²) < 4.78 is 12.1. The van der Waals surface area contributed by atoms with E-state index in [1.807, 2.05) is 55.5 Å². The minimum Gasteiger partial charge on any atom is -0.493 e. The number of carbonyl (C=O) groups excluding carboxylic acids is 1. The standard InChI is InChI=1S/C25H25IN2O3/c1-4-18-8-10-20(11-9-18)27-15-19-13-22(26)25(23(14-19)30-3)31-16-24(29)28-21-7-5-6-17(2)12-21/h5-15H,4,16H2,1-3H3,(H,28,29). The lowest BCUT2D eigenvalue weighted by atomic mass is 10.1. The van der Waals surface area contributed by atoms with Crippen molar-refractivity contribution in [2.75, 3.05) is 19.0 Å². The summed E-state index contributed by atoms with van der Waals surface area (Å²) in [6.07, 6.45) is 2.80. The first-order valence-corrected chi connectivity index (χ1v) is 11.1. The average Bonchev–Trinajstić information content (AvgIpc) is 2.77. The fraction of sp³-hybridized carbons (Fsp3) is 0.200. The van der Waals surface area contributed by atoms with Crippen molar-refractivity contribution in [3.63, 3.8) is 0 Å². The summed E-state index contributed by atoms with van der Waals surface area (Å²) in [5, 5.41) is 2.84. The predicted molar refractivity (Wildman–Crippen MR) is 134 cm³/mol. The van der Waals surface area contributed by atoms with Crippen molar-refractivity contribution in [3.05, 3.63) is 80.9 Å². The first-order chi connectivity index (χ1) is 15.0. The van der Waals surface area contributed by atoms with Gasteiger partial charge in [0.1, 0.15) is 0 Å². The molecule has 0 heterocycles. The minimum absolute atomic E-state index is 0.114. The molecule has 0 saturated carbocycles. The molecule has 0 aliphatic rings. The number of rotatable bonds is 8. The molecule has 1 N–H and O–H groups in total. The first kappa shape index (κ1) is 22.8. The van der Waals surface area contributed by atoms with Crippen molar-refractivity contribution >= 4 is 46.1 Å². The van der Waals surface area contributed by atoms with E-state index >= 15 is 0 Å². The van der Waals surface area contributed by atoms with Crippen molar-refractivity contribution in [1.29, 1.82) is 0 Å². The summed E-state index contributed by atoms with van der Waals surface area (Å²) in [7, 11) is 1.58. The van der Waals surface area contributed by atoms with Crippen LogP contribution < -0.4 is 14.8 Å². The van der Waals surface area contributed by atoms with Crippen LogP contribution in [-0.4, -0.2) is 25.8 Å². The smallest absolute Gasteiger partial charge is 0.262 e. The predicted octanol–water partition coefficient (Wildman–Crippen LogP) is 5.94. The van der Waals surface area contributed by atoms with Crippen LogP contribution in [0.1, 0.15) is 23.6 Å². The quantitative estimate of drug-likeness (QED) is 0.291. The second-order valence-corrected chi connectivity index (χ2v) is 8.18. The maximum absolute atomic E-state index is 12.3. The molecule has 160 valence electrons. The molecule has 3 aromatic rings. The molecule has 0 spiro atoms. The Labute approximate surface area is 196 Å². The molecule has 0 atom stereocenters. The Balaban J connectivity index is 1.68. The number of nitrogens with one attached hydrogen (secondary N) is 1. The molecule has 31 heavy (non-hydrogen) atoms. The number of aliphatic imine (C=N–C) groups is 1. The highest BCUT2D eigenvalue weighted by Gasteiger charge is 2.13. The Kier molecular flexibility index (Phi) is 8.06. The van der Waals surface area contributed by atoms with Gasteiger partial charge in [-0.2, -0.15) is 0 Å². The summed E-state index contributed by atoms with van der Waals surface area (Å²) in [6, 6.07) is 19.6. The summed E-state index contributed by atoms with van der Waals surface area (Å²) in [4.78, 5) is 16.8. The van der Waals surface area contributed by atoms with E-state index in [0.717, 1.165) is 32.5 Å². The fourth-order valence-electron chi connectivity index (χ4n) is 2.98.